The summed E-state index contributed by atoms with van der Waals surface area (Å²) < 4.78 is 0.775. The normalized spacial score (nSPS) is 10.6. The monoisotopic (exact) mass is 340 g/mol. The van der Waals surface area contributed by atoms with Crippen LogP contribution in [0.5, 0.6) is 0 Å². The fourth-order valence-corrected chi connectivity index (χ4v) is 2.72. The van der Waals surface area contributed by atoms with E-state index in [9.17, 15) is 4.79 Å². The van der Waals surface area contributed by atoms with Gasteiger partial charge < -0.3 is 5.32 Å². The molecule has 1 amide bonds. The first-order valence-corrected chi connectivity index (χ1v) is 7.36. The van der Waals surface area contributed by atoms with Crippen LogP contribution in [0.2, 0.25) is 0 Å². The number of carbonyl (C=O) groups excluding carboxylic acids is 1. The van der Waals surface area contributed by atoms with Crippen LogP contribution in [0.15, 0.2) is 59.2 Å². The SMILES string of the molecule is Cc1ccc(NC(=O)c2ccccc2Br)c2cccnc12. The lowest BCUT2D eigenvalue weighted by atomic mass is 10.1. The van der Waals surface area contributed by atoms with Gasteiger partial charge in [0.15, 0.2) is 0 Å². The number of carbonyl (C=O) groups is 1. The van der Waals surface area contributed by atoms with Gasteiger partial charge in [-0.25, -0.2) is 0 Å². The molecule has 0 aliphatic rings. The number of aromatic nitrogens is 1. The summed E-state index contributed by atoms with van der Waals surface area (Å²) in [7, 11) is 0. The fourth-order valence-electron chi connectivity index (χ4n) is 2.26. The summed E-state index contributed by atoms with van der Waals surface area (Å²) in [5.41, 5.74) is 3.37. The number of anilines is 1. The van der Waals surface area contributed by atoms with Gasteiger partial charge in [0.05, 0.1) is 16.8 Å². The second-order valence-electron chi connectivity index (χ2n) is 4.76. The van der Waals surface area contributed by atoms with Gasteiger partial charge in [-0.2, -0.15) is 0 Å². The van der Waals surface area contributed by atoms with Crippen molar-refractivity contribution in [3.8, 4) is 0 Å². The summed E-state index contributed by atoms with van der Waals surface area (Å²) >= 11 is 3.40. The molecule has 104 valence electrons. The third-order valence-electron chi connectivity index (χ3n) is 3.34. The highest BCUT2D eigenvalue weighted by molar-refractivity contribution is 9.10. The molecule has 0 aliphatic carbocycles. The van der Waals surface area contributed by atoms with Crippen molar-refractivity contribution in [1.82, 2.24) is 4.98 Å². The highest BCUT2D eigenvalue weighted by Gasteiger charge is 2.12. The summed E-state index contributed by atoms with van der Waals surface area (Å²) in [6.07, 6.45) is 1.76. The maximum absolute atomic E-state index is 12.4. The molecule has 0 fully saturated rings. The van der Waals surface area contributed by atoms with Gasteiger partial charge in [-0.05, 0) is 58.7 Å². The maximum atomic E-state index is 12.4. The van der Waals surface area contributed by atoms with Crippen LogP contribution in [0.1, 0.15) is 15.9 Å². The molecular weight excluding hydrogens is 328 g/mol. The number of benzene rings is 2. The van der Waals surface area contributed by atoms with E-state index in [4.69, 9.17) is 0 Å². The Kier molecular flexibility index (Phi) is 3.71. The highest BCUT2D eigenvalue weighted by Crippen LogP contribution is 2.26. The van der Waals surface area contributed by atoms with Gasteiger partial charge in [-0.15, -0.1) is 0 Å². The zero-order chi connectivity index (χ0) is 14.8. The third-order valence-corrected chi connectivity index (χ3v) is 4.03. The Hall–Kier alpha value is -2.20. The van der Waals surface area contributed by atoms with Crippen LogP contribution in [0.25, 0.3) is 10.9 Å². The summed E-state index contributed by atoms with van der Waals surface area (Å²) in [5.74, 6) is -0.142. The van der Waals surface area contributed by atoms with Crippen molar-refractivity contribution in [2.24, 2.45) is 0 Å². The minimum Gasteiger partial charge on any atom is -0.321 e. The van der Waals surface area contributed by atoms with Gasteiger partial charge in [0.25, 0.3) is 5.91 Å². The number of amides is 1. The lowest BCUT2D eigenvalue weighted by molar-refractivity contribution is 0.102. The number of nitrogens with one attached hydrogen (secondary N) is 1. The van der Waals surface area contributed by atoms with Crippen LogP contribution >= 0.6 is 15.9 Å². The Balaban J connectivity index is 2.01. The van der Waals surface area contributed by atoms with Gasteiger partial charge in [0.1, 0.15) is 0 Å². The quantitative estimate of drug-likeness (QED) is 0.743. The standard InChI is InChI=1S/C17H13BrN2O/c1-11-8-9-15(13-6-4-10-19-16(11)13)20-17(21)12-5-2-3-7-14(12)18/h2-10H,1H3,(H,20,21). The van der Waals surface area contributed by atoms with E-state index in [0.29, 0.717) is 5.56 Å². The Bertz CT molecular complexity index is 830. The Morgan fingerprint density at radius 3 is 2.71 bits per heavy atom. The molecule has 4 heteroatoms. The number of pyridine rings is 1. The second-order valence-corrected chi connectivity index (χ2v) is 5.62. The Morgan fingerprint density at radius 2 is 1.90 bits per heavy atom. The molecule has 0 bridgehead atoms. The van der Waals surface area contributed by atoms with Crippen LogP contribution in [-0.2, 0) is 0 Å². The molecule has 0 unspecified atom stereocenters. The molecule has 0 saturated carbocycles. The molecule has 2 aromatic carbocycles. The van der Waals surface area contributed by atoms with E-state index in [1.165, 1.54) is 0 Å². The van der Waals surface area contributed by atoms with E-state index in [-0.39, 0.29) is 5.91 Å². The minimum atomic E-state index is -0.142. The Labute approximate surface area is 131 Å². The van der Waals surface area contributed by atoms with Crippen molar-refractivity contribution in [3.05, 3.63) is 70.3 Å². The number of rotatable bonds is 2. The topological polar surface area (TPSA) is 42.0 Å². The summed E-state index contributed by atoms with van der Waals surface area (Å²) in [6, 6.07) is 15.1. The molecule has 0 atom stereocenters. The first-order chi connectivity index (χ1) is 10.2. The molecule has 21 heavy (non-hydrogen) atoms. The van der Waals surface area contributed by atoms with Crippen LogP contribution < -0.4 is 5.32 Å². The van der Waals surface area contributed by atoms with Crippen LogP contribution in [-0.4, -0.2) is 10.9 Å². The highest BCUT2D eigenvalue weighted by atomic mass is 79.9. The lowest BCUT2D eigenvalue weighted by Crippen LogP contribution is -2.12. The molecule has 1 aromatic heterocycles. The maximum Gasteiger partial charge on any atom is 0.256 e. The number of nitrogens with zero attached hydrogens (tertiary/aromatic N) is 1. The van der Waals surface area contributed by atoms with Gasteiger partial charge in [0, 0.05) is 16.1 Å². The van der Waals surface area contributed by atoms with Crippen molar-refractivity contribution in [2.75, 3.05) is 5.32 Å². The average Bonchev–Trinajstić information content (AvgIpc) is 2.51. The zero-order valence-corrected chi connectivity index (χ0v) is 13.0. The molecule has 0 aliphatic heterocycles. The van der Waals surface area contributed by atoms with Crippen molar-refractivity contribution in [2.45, 2.75) is 6.92 Å². The number of aryl methyl sites for hydroxylation is 1. The predicted molar refractivity (Wildman–Crippen MR) is 88.6 cm³/mol. The number of hydrogen-bond donors (Lipinski definition) is 1. The molecule has 3 nitrogen and oxygen atoms in total. The fraction of sp³-hybridized carbons (Fsp3) is 0.0588. The van der Waals surface area contributed by atoms with Crippen molar-refractivity contribution >= 4 is 38.4 Å². The van der Waals surface area contributed by atoms with E-state index in [0.717, 1.165) is 26.6 Å². The van der Waals surface area contributed by atoms with E-state index in [1.54, 1.807) is 12.3 Å². The number of fused-ring (bicyclic) bond motifs is 1. The Morgan fingerprint density at radius 1 is 1.10 bits per heavy atom. The third kappa shape index (κ3) is 2.67. The van der Waals surface area contributed by atoms with E-state index in [1.807, 2.05) is 49.4 Å². The molecule has 0 saturated heterocycles. The summed E-state index contributed by atoms with van der Waals surface area (Å²) in [6.45, 7) is 2.01. The second kappa shape index (κ2) is 5.66. The molecular formula is C17H13BrN2O. The molecule has 3 rings (SSSR count). The van der Waals surface area contributed by atoms with E-state index < -0.39 is 0 Å². The van der Waals surface area contributed by atoms with Crippen LogP contribution in [0.3, 0.4) is 0 Å². The minimum absolute atomic E-state index is 0.142. The number of halogens is 1. The molecule has 0 radical (unpaired) electrons. The molecule has 1 heterocycles. The summed E-state index contributed by atoms with van der Waals surface area (Å²) in [5, 5.41) is 3.90. The molecule has 0 spiro atoms. The lowest BCUT2D eigenvalue weighted by Gasteiger charge is -2.10. The van der Waals surface area contributed by atoms with Crippen molar-refractivity contribution in [3.63, 3.8) is 0 Å². The predicted octanol–water partition coefficient (Wildman–Crippen LogP) is 4.56. The van der Waals surface area contributed by atoms with Gasteiger partial charge in [-0.3, -0.25) is 9.78 Å². The van der Waals surface area contributed by atoms with E-state index in [2.05, 4.69) is 26.2 Å². The largest absolute Gasteiger partial charge is 0.321 e. The smallest absolute Gasteiger partial charge is 0.256 e. The first-order valence-electron chi connectivity index (χ1n) is 6.57. The van der Waals surface area contributed by atoms with Gasteiger partial charge >= 0.3 is 0 Å². The molecule has 1 N–H and O–H groups in total. The molecule has 3 aromatic rings. The first kappa shape index (κ1) is 13.8. The van der Waals surface area contributed by atoms with Crippen molar-refractivity contribution < 1.29 is 4.79 Å². The summed E-state index contributed by atoms with van der Waals surface area (Å²) in [4.78, 5) is 16.8. The van der Waals surface area contributed by atoms with Crippen LogP contribution in [0, 0.1) is 6.92 Å². The van der Waals surface area contributed by atoms with Gasteiger partial charge in [0.2, 0.25) is 0 Å². The average molecular weight is 341 g/mol. The van der Waals surface area contributed by atoms with Gasteiger partial charge in [-0.1, -0.05) is 18.2 Å². The number of hydrogen-bond acceptors (Lipinski definition) is 2. The van der Waals surface area contributed by atoms with E-state index >= 15 is 0 Å². The van der Waals surface area contributed by atoms with Crippen molar-refractivity contribution in [1.29, 1.82) is 0 Å². The zero-order valence-electron chi connectivity index (χ0n) is 11.4. The van der Waals surface area contributed by atoms with Crippen LogP contribution in [0.4, 0.5) is 5.69 Å².